The van der Waals surface area contributed by atoms with Gasteiger partial charge < -0.3 is 10.1 Å². The molecule has 1 N–H and O–H groups in total. The SMILES string of the molecule is O=C(COC(=O)Cc1cccs1)N[C@@H](c1ccccc1)C1CC1. The number of carbonyl (C=O) groups excluding carboxylic acids is 2. The molecule has 1 aliphatic carbocycles. The van der Waals surface area contributed by atoms with Crippen LogP contribution in [0.15, 0.2) is 47.8 Å². The lowest BCUT2D eigenvalue weighted by Gasteiger charge is -2.18. The number of rotatable bonds is 7. The Morgan fingerprint density at radius 3 is 2.61 bits per heavy atom. The van der Waals surface area contributed by atoms with E-state index in [1.165, 1.54) is 11.3 Å². The van der Waals surface area contributed by atoms with Gasteiger partial charge in [0.1, 0.15) is 0 Å². The van der Waals surface area contributed by atoms with E-state index >= 15 is 0 Å². The predicted molar refractivity (Wildman–Crippen MR) is 89.0 cm³/mol. The van der Waals surface area contributed by atoms with E-state index in [0.717, 1.165) is 23.3 Å². The molecule has 1 aromatic heterocycles. The maximum Gasteiger partial charge on any atom is 0.311 e. The first-order valence-electron chi connectivity index (χ1n) is 7.74. The summed E-state index contributed by atoms with van der Waals surface area (Å²) >= 11 is 1.50. The summed E-state index contributed by atoms with van der Waals surface area (Å²) in [4.78, 5) is 24.7. The zero-order valence-electron chi connectivity index (χ0n) is 12.7. The van der Waals surface area contributed by atoms with E-state index in [1.54, 1.807) is 0 Å². The second-order valence-corrected chi connectivity index (χ2v) is 6.74. The van der Waals surface area contributed by atoms with Gasteiger partial charge in [-0.2, -0.15) is 0 Å². The van der Waals surface area contributed by atoms with E-state index in [9.17, 15) is 9.59 Å². The molecule has 120 valence electrons. The van der Waals surface area contributed by atoms with Crippen molar-refractivity contribution in [1.82, 2.24) is 5.32 Å². The van der Waals surface area contributed by atoms with Crippen molar-refractivity contribution >= 4 is 23.2 Å². The molecule has 0 spiro atoms. The molecule has 0 unspecified atom stereocenters. The predicted octanol–water partition coefficient (Wildman–Crippen LogP) is 3.10. The average Bonchev–Trinajstić information content (AvgIpc) is 3.28. The van der Waals surface area contributed by atoms with Crippen molar-refractivity contribution in [3.05, 3.63) is 58.3 Å². The molecule has 5 heteroatoms. The van der Waals surface area contributed by atoms with Gasteiger partial charge in [0.2, 0.25) is 0 Å². The molecule has 1 fully saturated rings. The lowest BCUT2D eigenvalue weighted by molar-refractivity contribution is -0.148. The summed E-state index contributed by atoms with van der Waals surface area (Å²) in [7, 11) is 0. The normalized spacial score (nSPS) is 15.0. The van der Waals surface area contributed by atoms with Gasteiger partial charge in [0.15, 0.2) is 6.61 Å². The van der Waals surface area contributed by atoms with Crippen molar-refractivity contribution in [3.8, 4) is 0 Å². The van der Waals surface area contributed by atoms with Crippen molar-refractivity contribution in [3.63, 3.8) is 0 Å². The van der Waals surface area contributed by atoms with Gasteiger partial charge in [0, 0.05) is 4.88 Å². The Kier molecular flexibility index (Phi) is 5.08. The number of thiophene rings is 1. The number of esters is 1. The molecule has 0 bridgehead atoms. The molecule has 3 rings (SSSR count). The van der Waals surface area contributed by atoms with Gasteiger partial charge in [-0.05, 0) is 35.8 Å². The summed E-state index contributed by atoms with van der Waals surface area (Å²) < 4.78 is 5.07. The van der Waals surface area contributed by atoms with Crippen molar-refractivity contribution < 1.29 is 14.3 Å². The third-order valence-electron chi connectivity index (χ3n) is 3.83. The molecular formula is C18H19NO3S. The topological polar surface area (TPSA) is 55.4 Å². The maximum absolute atomic E-state index is 12.1. The smallest absolute Gasteiger partial charge is 0.311 e. The highest BCUT2D eigenvalue weighted by atomic mass is 32.1. The van der Waals surface area contributed by atoms with Gasteiger partial charge in [-0.1, -0.05) is 36.4 Å². The zero-order chi connectivity index (χ0) is 16.1. The number of hydrogen-bond donors (Lipinski definition) is 1. The number of nitrogens with one attached hydrogen (secondary N) is 1. The van der Waals surface area contributed by atoms with Crippen molar-refractivity contribution in [2.45, 2.75) is 25.3 Å². The fourth-order valence-electron chi connectivity index (χ4n) is 2.53. The zero-order valence-corrected chi connectivity index (χ0v) is 13.6. The molecule has 1 aromatic carbocycles. The monoisotopic (exact) mass is 329 g/mol. The van der Waals surface area contributed by atoms with E-state index < -0.39 is 0 Å². The minimum Gasteiger partial charge on any atom is -0.455 e. The Bertz CT molecular complexity index is 650. The molecule has 1 aliphatic rings. The van der Waals surface area contributed by atoms with Crippen LogP contribution in [0.25, 0.3) is 0 Å². The molecule has 1 saturated carbocycles. The minimum absolute atomic E-state index is 0.0136. The first kappa shape index (κ1) is 15.7. The summed E-state index contributed by atoms with van der Waals surface area (Å²) in [6.07, 6.45) is 2.46. The molecular weight excluding hydrogens is 310 g/mol. The fraction of sp³-hybridized carbons (Fsp3) is 0.333. The van der Waals surface area contributed by atoms with Crippen LogP contribution in [0.4, 0.5) is 0 Å². The highest BCUT2D eigenvalue weighted by Crippen LogP contribution is 2.40. The van der Waals surface area contributed by atoms with Gasteiger partial charge in [-0.3, -0.25) is 9.59 Å². The highest BCUT2D eigenvalue weighted by Gasteiger charge is 2.33. The lowest BCUT2D eigenvalue weighted by Crippen LogP contribution is -2.33. The quantitative estimate of drug-likeness (QED) is 0.794. The Morgan fingerprint density at radius 2 is 1.96 bits per heavy atom. The van der Waals surface area contributed by atoms with E-state index in [-0.39, 0.29) is 30.9 Å². The Morgan fingerprint density at radius 1 is 1.17 bits per heavy atom. The minimum atomic E-state index is -0.370. The summed E-state index contributed by atoms with van der Waals surface area (Å²) in [5.74, 6) is -0.126. The Hall–Kier alpha value is -2.14. The Balaban J connectivity index is 1.49. The lowest BCUT2D eigenvalue weighted by atomic mass is 10.0. The summed E-state index contributed by atoms with van der Waals surface area (Å²) in [6, 6.07) is 13.7. The summed E-state index contributed by atoms with van der Waals surface area (Å²) in [5.41, 5.74) is 1.10. The van der Waals surface area contributed by atoms with Gasteiger partial charge >= 0.3 is 5.97 Å². The van der Waals surface area contributed by atoms with Crippen LogP contribution in [-0.4, -0.2) is 18.5 Å². The van der Waals surface area contributed by atoms with Crippen LogP contribution in [0.3, 0.4) is 0 Å². The largest absolute Gasteiger partial charge is 0.455 e. The Labute approximate surface area is 139 Å². The molecule has 2 aromatic rings. The van der Waals surface area contributed by atoms with Crippen LogP contribution >= 0.6 is 11.3 Å². The van der Waals surface area contributed by atoms with Crippen LogP contribution < -0.4 is 5.32 Å². The van der Waals surface area contributed by atoms with Crippen LogP contribution in [0.2, 0.25) is 0 Å². The van der Waals surface area contributed by atoms with Crippen molar-refractivity contribution in [2.75, 3.05) is 6.61 Å². The number of hydrogen-bond acceptors (Lipinski definition) is 4. The number of ether oxygens (including phenoxy) is 1. The van der Waals surface area contributed by atoms with Crippen molar-refractivity contribution in [1.29, 1.82) is 0 Å². The van der Waals surface area contributed by atoms with Gasteiger partial charge in [0.05, 0.1) is 12.5 Å². The highest BCUT2D eigenvalue weighted by molar-refractivity contribution is 7.10. The standard InChI is InChI=1S/C18H19NO3S/c20-16(12-22-17(21)11-15-7-4-10-23-15)19-18(14-8-9-14)13-5-2-1-3-6-13/h1-7,10,14,18H,8-9,11-12H2,(H,19,20)/t18-/m0/s1. The molecule has 0 saturated heterocycles. The van der Waals surface area contributed by atoms with E-state index in [2.05, 4.69) is 5.32 Å². The first-order valence-corrected chi connectivity index (χ1v) is 8.62. The second kappa shape index (κ2) is 7.42. The fourth-order valence-corrected chi connectivity index (χ4v) is 3.22. The van der Waals surface area contributed by atoms with E-state index in [0.29, 0.717) is 5.92 Å². The average molecular weight is 329 g/mol. The van der Waals surface area contributed by atoms with Crippen molar-refractivity contribution in [2.24, 2.45) is 5.92 Å². The summed E-state index contributed by atoms with van der Waals surface area (Å²) in [6.45, 7) is -0.222. The molecule has 1 heterocycles. The third kappa shape index (κ3) is 4.66. The van der Waals surface area contributed by atoms with Gasteiger partial charge in [-0.15, -0.1) is 11.3 Å². The molecule has 1 amide bonds. The van der Waals surface area contributed by atoms with E-state index in [4.69, 9.17) is 4.74 Å². The molecule has 0 aliphatic heterocycles. The number of amides is 1. The molecule has 0 radical (unpaired) electrons. The third-order valence-corrected chi connectivity index (χ3v) is 4.71. The van der Waals surface area contributed by atoms with Gasteiger partial charge in [-0.25, -0.2) is 0 Å². The first-order chi connectivity index (χ1) is 11.2. The molecule has 4 nitrogen and oxygen atoms in total. The molecule has 1 atom stereocenters. The summed E-state index contributed by atoms with van der Waals surface area (Å²) in [5, 5.41) is 4.91. The van der Waals surface area contributed by atoms with Crippen LogP contribution in [0, 0.1) is 5.92 Å². The molecule has 23 heavy (non-hydrogen) atoms. The van der Waals surface area contributed by atoms with E-state index in [1.807, 2.05) is 47.8 Å². The van der Waals surface area contributed by atoms with Crippen LogP contribution in [0.5, 0.6) is 0 Å². The number of carbonyl (C=O) groups is 2. The van der Waals surface area contributed by atoms with Gasteiger partial charge in [0.25, 0.3) is 5.91 Å². The number of benzene rings is 1. The van der Waals surface area contributed by atoms with Crippen LogP contribution in [-0.2, 0) is 20.7 Å². The maximum atomic E-state index is 12.1. The second-order valence-electron chi connectivity index (χ2n) is 5.71. The van der Waals surface area contributed by atoms with Crippen LogP contribution in [0.1, 0.15) is 29.3 Å².